The van der Waals surface area contributed by atoms with Crippen LogP contribution in [0.15, 0.2) is 12.1 Å². The van der Waals surface area contributed by atoms with Crippen molar-refractivity contribution < 1.29 is 4.79 Å². The molecule has 116 valence electrons. The van der Waals surface area contributed by atoms with Gasteiger partial charge in [-0.15, -0.1) is 0 Å². The van der Waals surface area contributed by atoms with Gasteiger partial charge in [0.15, 0.2) is 0 Å². The van der Waals surface area contributed by atoms with Gasteiger partial charge < -0.3 is 15.2 Å². The van der Waals surface area contributed by atoms with E-state index in [-0.39, 0.29) is 5.91 Å². The van der Waals surface area contributed by atoms with Gasteiger partial charge in [0, 0.05) is 24.8 Å². The Labute approximate surface area is 126 Å². The number of nitrogens with zero attached hydrogens (tertiary/aromatic N) is 3. The third-order valence-electron chi connectivity index (χ3n) is 4.07. The minimum Gasteiger partial charge on any atom is -0.341 e. The van der Waals surface area contributed by atoms with Crippen molar-refractivity contribution >= 4 is 11.7 Å². The predicted molar refractivity (Wildman–Crippen MR) is 84.0 cm³/mol. The third kappa shape index (κ3) is 4.15. The Hall–Kier alpha value is -1.66. The van der Waals surface area contributed by atoms with Crippen molar-refractivity contribution in [1.29, 1.82) is 0 Å². The fourth-order valence-corrected chi connectivity index (χ4v) is 2.80. The highest BCUT2D eigenvalue weighted by atomic mass is 16.2. The van der Waals surface area contributed by atoms with Gasteiger partial charge in [0.1, 0.15) is 5.82 Å². The fourth-order valence-electron chi connectivity index (χ4n) is 2.80. The Balaban J connectivity index is 2.00. The zero-order valence-electron chi connectivity index (χ0n) is 13.1. The summed E-state index contributed by atoms with van der Waals surface area (Å²) in [5.41, 5.74) is 3.91. The van der Waals surface area contributed by atoms with Crippen LogP contribution in [0.5, 0.6) is 0 Å². The topological polar surface area (TPSA) is 74.5 Å². The van der Waals surface area contributed by atoms with Crippen molar-refractivity contribution in [3.8, 4) is 0 Å². The number of piperidine rings is 1. The van der Waals surface area contributed by atoms with Crippen LogP contribution >= 0.6 is 0 Å². The molecule has 21 heavy (non-hydrogen) atoms. The molecule has 6 nitrogen and oxygen atoms in total. The van der Waals surface area contributed by atoms with Gasteiger partial charge in [0.25, 0.3) is 5.91 Å². The number of hydrazine groups is 1. The number of hydrogen-bond donors (Lipinski definition) is 2. The summed E-state index contributed by atoms with van der Waals surface area (Å²) in [6.45, 7) is 4.89. The van der Waals surface area contributed by atoms with E-state index in [1.807, 2.05) is 18.9 Å². The molecule has 0 spiro atoms. The Morgan fingerprint density at radius 2 is 2.14 bits per heavy atom. The molecule has 1 aliphatic rings. The molecule has 2 heterocycles. The largest absolute Gasteiger partial charge is 0.341 e. The first kappa shape index (κ1) is 15.7. The number of amides is 1. The molecule has 0 radical (unpaired) electrons. The van der Waals surface area contributed by atoms with Gasteiger partial charge in [-0.2, -0.15) is 0 Å². The van der Waals surface area contributed by atoms with E-state index in [0.29, 0.717) is 17.3 Å². The normalized spacial score (nSPS) is 16.8. The molecule has 0 atom stereocenters. The maximum Gasteiger partial charge on any atom is 0.253 e. The Morgan fingerprint density at radius 1 is 1.48 bits per heavy atom. The molecule has 1 saturated heterocycles. The molecule has 0 bridgehead atoms. The number of anilines is 1. The van der Waals surface area contributed by atoms with Crippen LogP contribution in [0.1, 0.15) is 28.9 Å². The van der Waals surface area contributed by atoms with Crippen LogP contribution in [0.25, 0.3) is 0 Å². The number of carbonyl (C=O) groups excluding carboxylic acids is 1. The number of pyridine rings is 1. The molecule has 1 fully saturated rings. The van der Waals surface area contributed by atoms with Gasteiger partial charge in [0.05, 0.1) is 0 Å². The second kappa shape index (κ2) is 6.87. The van der Waals surface area contributed by atoms with E-state index in [9.17, 15) is 4.79 Å². The molecule has 0 unspecified atom stereocenters. The molecule has 0 aromatic carbocycles. The number of aromatic nitrogens is 1. The standard InChI is InChI=1S/C15H25N5O/c1-11-8-13(9-14(17-11)18-16)15(21)20(3)10-12-4-6-19(2)7-5-12/h8-9,12H,4-7,10,16H2,1-3H3,(H,17,18). The van der Waals surface area contributed by atoms with Crippen molar-refractivity contribution in [1.82, 2.24) is 14.8 Å². The van der Waals surface area contributed by atoms with Crippen molar-refractivity contribution in [2.24, 2.45) is 11.8 Å². The van der Waals surface area contributed by atoms with E-state index in [2.05, 4.69) is 22.4 Å². The highest BCUT2D eigenvalue weighted by molar-refractivity contribution is 5.94. The monoisotopic (exact) mass is 291 g/mol. The lowest BCUT2D eigenvalue weighted by atomic mass is 9.96. The zero-order chi connectivity index (χ0) is 15.4. The highest BCUT2D eigenvalue weighted by Gasteiger charge is 2.21. The van der Waals surface area contributed by atoms with Gasteiger partial charge >= 0.3 is 0 Å². The summed E-state index contributed by atoms with van der Waals surface area (Å²) in [4.78, 5) is 20.9. The van der Waals surface area contributed by atoms with E-state index in [0.717, 1.165) is 38.2 Å². The van der Waals surface area contributed by atoms with E-state index in [4.69, 9.17) is 5.84 Å². The molecule has 1 aromatic heterocycles. The van der Waals surface area contributed by atoms with E-state index in [1.54, 1.807) is 12.1 Å². The van der Waals surface area contributed by atoms with Gasteiger partial charge in [-0.05, 0) is 58.0 Å². The van der Waals surface area contributed by atoms with Crippen molar-refractivity contribution in [2.75, 3.05) is 39.2 Å². The maximum atomic E-state index is 12.5. The number of rotatable bonds is 4. The molecular formula is C15H25N5O. The minimum absolute atomic E-state index is 0.0240. The third-order valence-corrected chi connectivity index (χ3v) is 4.07. The van der Waals surface area contributed by atoms with Crippen LogP contribution in [0.4, 0.5) is 5.82 Å². The smallest absolute Gasteiger partial charge is 0.253 e. The molecule has 0 aliphatic carbocycles. The second-order valence-corrected chi connectivity index (χ2v) is 5.96. The summed E-state index contributed by atoms with van der Waals surface area (Å²) in [5, 5.41) is 0. The quantitative estimate of drug-likeness (QED) is 0.641. The van der Waals surface area contributed by atoms with Crippen LogP contribution in [0, 0.1) is 12.8 Å². The predicted octanol–water partition coefficient (Wildman–Crippen LogP) is 1.09. The van der Waals surface area contributed by atoms with Crippen molar-refractivity contribution in [3.63, 3.8) is 0 Å². The SMILES string of the molecule is Cc1cc(C(=O)N(C)CC2CCN(C)CC2)cc(NN)n1. The molecule has 6 heteroatoms. The summed E-state index contributed by atoms with van der Waals surface area (Å²) in [7, 11) is 4.01. The van der Waals surface area contributed by atoms with Crippen molar-refractivity contribution in [3.05, 3.63) is 23.4 Å². The summed E-state index contributed by atoms with van der Waals surface area (Å²) in [6, 6.07) is 3.49. The van der Waals surface area contributed by atoms with Crippen LogP contribution in [0.2, 0.25) is 0 Å². The summed E-state index contributed by atoms with van der Waals surface area (Å²) >= 11 is 0. The van der Waals surface area contributed by atoms with E-state index in [1.165, 1.54) is 0 Å². The average molecular weight is 291 g/mol. The summed E-state index contributed by atoms with van der Waals surface area (Å²) in [5.74, 6) is 6.52. The number of nitrogen functional groups attached to an aromatic ring is 1. The lowest BCUT2D eigenvalue weighted by Crippen LogP contribution is -2.38. The summed E-state index contributed by atoms with van der Waals surface area (Å²) < 4.78 is 0. The molecule has 0 saturated carbocycles. The van der Waals surface area contributed by atoms with Gasteiger partial charge in [0.2, 0.25) is 0 Å². The second-order valence-electron chi connectivity index (χ2n) is 5.96. The number of hydrogen-bond acceptors (Lipinski definition) is 5. The van der Waals surface area contributed by atoms with Crippen LogP contribution in [-0.4, -0.2) is 54.4 Å². The highest BCUT2D eigenvalue weighted by Crippen LogP contribution is 2.18. The number of carbonyl (C=O) groups is 1. The van der Waals surface area contributed by atoms with Gasteiger partial charge in [-0.1, -0.05) is 0 Å². The van der Waals surface area contributed by atoms with Crippen molar-refractivity contribution in [2.45, 2.75) is 19.8 Å². The Kier molecular flexibility index (Phi) is 5.14. The van der Waals surface area contributed by atoms with Gasteiger partial charge in [-0.25, -0.2) is 10.8 Å². The van der Waals surface area contributed by atoms with E-state index >= 15 is 0 Å². The lowest BCUT2D eigenvalue weighted by Gasteiger charge is -2.31. The number of nitrogens with one attached hydrogen (secondary N) is 1. The number of likely N-dealkylation sites (tertiary alicyclic amines) is 1. The van der Waals surface area contributed by atoms with E-state index < -0.39 is 0 Å². The average Bonchev–Trinajstić information content (AvgIpc) is 2.48. The van der Waals surface area contributed by atoms with Crippen LogP contribution in [-0.2, 0) is 0 Å². The molecule has 2 rings (SSSR count). The van der Waals surface area contributed by atoms with Crippen LogP contribution < -0.4 is 11.3 Å². The lowest BCUT2D eigenvalue weighted by molar-refractivity contribution is 0.0747. The fraction of sp³-hybridized carbons (Fsp3) is 0.600. The summed E-state index contributed by atoms with van der Waals surface area (Å²) in [6.07, 6.45) is 2.30. The number of nitrogens with two attached hydrogens (primary N) is 1. The Bertz CT molecular complexity index is 497. The minimum atomic E-state index is 0.0240. The molecule has 1 aromatic rings. The first-order valence-corrected chi connectivity index (χ1v) is 7.39. The first-order chi connectivity index (χ1) is 9.99. The zero-order valence-corrected chi connectivity index (χ0v) is 13.1. The Morgan fingerprint density at radius 3 is 2.76 bits per heavy atom. The molecular weight excluding hydrogens is 266 g/mol. The molecule has 1 amide bonds. The maximum absolute atomic E-state index is 12.5. The number of aryl methyl sites for hydroxylation is 1. The first-order valence-electron chi connectivity index (χ1n) is 7.39. The molecule has 1 aliphatic heterocycles. The van der Waals surface area contributed by atoms with Gasteiger partial charge in [-0.3, -0.25) is 4.79 Å². The molecule has 3 N–H and O–H groups in total. The van der Waals surface area contributed by atoms with Crippen LogP contribution in [0.3, 0.4) is 0 Å².